The molecule has 1 aliphatic rings. The van der Waals surface area contributed by atoms with E-state index in [1.807, 2.05) is 18.7 Å². The second kappa shape index (κ2) is 3.77. The van der Waals surface area contributed by atoms with Crippen LogP contribution in [0.3, 0.4) is 0 Å². The Morgan fingerprint density at radius 2 is 2.33 bits per heavy atom. The van der Waals surface area contributed by atoms with Crippen LogP contribution in [0.4, 0.5) is 5.13 Å². The summed E-state index contributed by atoms with van der Waals surface area (Å²) in [6, 6.07) is 0. The van der Waals surface area contributed by atoms with E-state index >= 15 is 0 Å². The largest absolute Gasteiger partial charge is 0.481 e. The van der Waals surface area contributed by atoms with Gasteiger partial charge >= 0.3 is 5.97 Å². The highest BCUT2D eigenvalue weighted by Crippen LogP contribution is 2.29. The van der Waals surface area contributed by atoms with Crippen molar-refractivity contribution in [3.05, 3.63) is 5.82 Å². The Kier molecular flexibility index (Phi) is 2.60. The summed E-state index contributed by atoms with van der Waals surface area (Å²) in [5.41, 5.74) is 0. The molecular formula is C9H13N3O2S. The molecule has 0 bridgehead atoms. The van der Waals surface area contributed by atoms with Crippen LogP contribution in [0, 0.1) is 18.8 Å². The molecule has 82 valence electrons. The highest BCUT2D eigenvalue weighted by atomic mass is 32.1. The van der Waals surface area contributed by atoms with E-state index < -0.39 is 5.97 Å². The van der Waals surface area contributed by atoms with E-state index in [1.165, 1.54) is 11.5 Å². The molecule has 2 rings (SSSR count). The molecule has 0 saturated carbocycles. The van der Waals surface area contributed by atoms with Crippen molar-refractivity contribution < 1.29 is 9.90 Å². The Labute approximate surface area is 91.9 Å². The predicted octanol–water partition coefficient (Wildman–Crippen LogP) is 1.00. The molecule has 1 aromatic heterocycles. The topological polar surface area (TPSA) is 66.3 Å². The molecule has 1 fully saturated rings. The summed E-state index contributed by atoms with van der Waals surface area (Å²) in [5, 5.41) is 9.83. The summed E-state index contributed by atoms with van der Waals surface area (Å²) in [6.07, 6.45) is 0. The molecule has 2 atom stereocenters. The monoisotopic (exact) mass is 227 g/mol. The van der Waals surface area contributed by atoms with E-state index in [4.69, 9.17) is 5.11 Å². The first kappa shape index (κ1) is 10.4. The third-order valence-corrected chi connectivity index (χ3v) is 3.59. The third kappa shape index (κ3) is 1.94. The average Bonchev–Trinajstić information content (AvgIpc) is 2.71. The van der Waals surface area contributed by atoms with Crippen molar-refractivity contribution in [3.8, 4) is 0 Å². The number of hydrogen-bond donors (Lipinski definition) is 1. The molecule has 0 aromatic carbocycles. The summed E-state index contributed by atoms with van der Waals surface area (Å²) < 4.78 is 4.10. The number of aromatic nitrogens is 2. The zero-order valence-corrected chi connectivity index (χ0v) is 9.49. The number of aryl methyl sites for hydroxylation is 1. The standard InChI is InChI=1S/C9H13N3O2S/c1-5-3-12(4-7(5)8(13)14)9-10-6(2)11-15-9/h5,7H,3-4H2,1-2H3,(H,13,14). The van der Waals surface area contributed by atoms with Gasteiger partial charge in [0.05, 0.1) is 5.92 Å². The number of carboxylic acids is 1. The van der Waals surface area contributed by atoms with Crippen LogP contribution in [0.2, 0.25) is 0 Å². The maximum absolute atomic E-state index is 10.9. The number of carboxylic acid groups (broad SMARTS) is 1. The summed E-state index contributed by atoms with van der Waals surface area (Å²) in [4.78, 5) is 17.2. The Bertz CT molecular complexity index is 379. The maximum Gasteiger partial charge on any atom is 0.308 e. The van der Waals surface area contributed by atoms with E-state index in [-0.39, 0.29) is 11.8 Å². The lowest BCUT2D eigenvalue weighted by atomic mass is 9.99. The molecule has 2 heterocycles. The Morgan fingerprint density at radius 3 is 2.80 bits per heavy atom. The predicted molar refractivity (Wildman–Crippen MR) is 57.1 cm³/mol. The molecule has 1 N–H and O–H groups in total. The van der Waals surface area contributed by atoms with Gasteiger partial charge in [-0.05, 0) is 12.8 Å². The van der Waals surface area contributed by atoms with Crippen LogP contribution in [0.5, 0.6) is 0 Å². The van der Waals surface area contributed by atoms with Gasteiger partial charge in [-0.15, -0.1) is 0 Å². The summed E-state index contributed by atoms with van der Waals surface area (Å²) in [5.74, 6) is -0.0754. The number of rotatable bonds is 2. The van der Waals surface area contributed by atoms with Gasteiger partial charge in [0.2, 0.25) is 5.13 Å². The molecule has 15 heavy (non-hydrogen) atoms. The molecule has 0 spiro atoms. The van der Waals surface area contributed by atoms with Gasteiger partial charge < -0.3 is 10.0 Å². The van der Waals surface area contributed by atoms with Gasteiger partial charge in [-0.25, -0.2) is 4.98 Å². The van der Waals surface area contributed by atoms with Crippen molar-refractivity contribution in [1.82, 2.24) is 9.36 Å². The van der Waals surface area contributed by atoms with E-state index in [2.05, 4.69) is 9.36 Å². The number of hydrogen-bond acceptors (Lipinski definition) is 5. The molecule has 6 heteroatoms. The van der Waals surface area contributed by atoms with Crippen molar-refractivity contribution in [1.29, 1.82) is 0 Å². The smallest absolute Gasteiger partial charge is 0.308 e. The van der Waals surface area contributed by atoms with Crippen molar-refractivity contribution in [2.45, 2.75) is 13.8 Å². The van der Waals surface area contributed by atoms with Crippen molar-refractivity contribution >= 4 is 22.6 Å². The number of anilines is 1. The Morgan fingerprint density at radius 1 is 1.60 bits per heavy atom. The summed E-state index contributed by atoms with van der Waals surface area (Å²) in [7, 11) is 0. The Hall–Kier alpha value is -1.17. The normalized spacial score (nSPS) is 25.9. The first-order valence-electron chi connectivity index (χ1n) is 4.86. The van der Waals surface area contributed by atoms with Gasteiger partial charge in [0.15, 0.2) is 0 Å². The fourth-order valence-corrected chi connectivity index (χ4v) is 2.55. The lowest BCUT2D eigenvalue weighted by molar-refractivity contribution is -0.142. The van der Waals surface area contributed by atoms with Gasteiger partial charge in [0.1, 0.15) is 5.82 Å². The van der Waals surface area contributed by atoms with Gasteiger partial charge in [-0.1, -0.05) is 6.92 Å². The van der Waals surface area contributed by atoms with E-state index in [9.17, 15) is 4.79 Å². The van der Waals surface area contributed by atoms with Crippen LogP contribution in [-0.2, 0) is 4.79 Å². The van der Waals surface area contributed by atoms with Crippen molar-refractivity contribution in [2.75, 3.05) is 18.0 Å². The van der Waals surface area contributed by atoms with Crippen LogP contribution in [-0.4, -0.2) is 33.5 Å². The highest BCUT2D eigenvalue weighted by Gasteiger charge is 2.35. The van der Waals surface area contributed by atoms with Crippen LogP contribution in [0.25, 0.3) is 0 Å². The quantitative estimate of drug-likeness (QED) is 0.816. The van der Waals surface area contributed by atoms with E-state index in [0.717, 1.165) is 17.5 Å². The van der Waals surface area contributed by atoms with Gasteiger partial charge in [0.25, 0.3) is 0 Å². The van der Waals surface area contributed by atoms with Crippen LogP contribution in [0.15, 0.2) is 0 Å². The molecular weight excluding hydrogens is 214 g/mol. The van der Waals surface area contributed by atoms with Gasteiger partial charge in [-0.3, -0.25) is 4.79 Å². The van der Waals surface area contributed by atoms with Crippen LogP contribution < -0.4 is 4.90 Å². The SMILES string of the molecule is Cc1nsc(N2CC(C)C(C(=O)O)C2)n1. The third-order valence-electron chi connectivity index (χ3n) is 2.72. The molecule has 0 amide bonds. The van der Waals surface area contributed by atoms with Gasteiger partial charge in [0, 0.05) is 24.6 Å². The molecule has 1 saturated heterocycles. The van der Waals surface area contributed by atoms with Crippen molar-refractivity contribution in [3.63, 3.8) is 0 Å². The van der Waals surface area contributed by atoms with E-state index in [1.54, 1.807) is 0 Å². The second-order valence-electron chi connectivity index (χ2n) is 3.95. The molecule has 5 nitrogen and oxygen atoms in total. The average molecular weight is 227 g/mol. The zero-order chi connectivity index (χ0) is 11.0. The lowest BCUT2D eigenvalue weighted by Gasteiger charge is -2.12. The zero-order valence-electron chi connectivity index (χ0n) is 8.67. The molecule has 0 radical (unpaired) electrons. The molecule has 1 aliphatic heterocycles. The number of aliphatic carboxylic acids is 1. The molecule has 0 aliphatic carbocycles. The first-order valence-corrected chi connectivity index (χ1v) is 5.63. The highest BCUT2D eigenvalue weighted by molar-refractivity contribution is 7.09. The minimum Gasteiger partial charge on any atom is -0.481 e. The Balaban J connectivity index is 2.12. The summed E-state index contributed by atoms with van der Waals surface area (Å²) in [6.45, 7) is 5.11. The lowest BCUT2D eigenvalue weighted by Crippen LogP contribution is -2.22. The van der Waals surface area contributed by atoms with E-state index in [0.29, 0.717) is 6.54 Å². The maximum atomic E-state index is 10.9. The van der Waals surface area contributed by atoms with Crippen LogP contribution in [0.1, 0.15) is 12.7 Å². The molecule has 2 unspecified atom stereocenters. The summed E-state index contributed by atoms with van der Waals surface area (Å²) >= 11 is 1.33. The fraction of sp³-hybridized carbons (Fsp3) is 0.667. The fourth-order valence-electron chi connectivity index (χ4n) is 1.86. The van der Waals surface area contributed by atoms with Crippen LogP contribution >= 0.6 is 11.5 Å². The molecule has 1 aromatic rings. The van der Waals surface area contributed by atoms with Gasteiger partial charge in [-0.2, -0.15) is 4.37 Å². The number of carbonyl (C=O) groups is 1. The number of nitrogens with zero attached hydrogens (tertiary/aromatic N) is 3. The second-order valence-corrected chi connectivity index (χ2v) is 4.68. The van der Waals surface area contributed by atoms with Crippen molar-refractivity contribution in [2.24, 2.45) is 11.8 Å². The minimum atomic E-state index is -0.716. The first-order chi connectivity index (χ1) is 7.08. The minimum absolute atomic E-state index is 0.173.